The molecule has 1 amide bonds. The largest absolute Gasteiger partial charge is 0.466 e. The lowest BCUT2D eigenvalue weighted by Gasteiger charge is -2.09. The van der Waals surface area contributed by atoms with Gasteiger partial charge in [-0.05, 0) is 61.9 Å². The number of hydrogen-bond donors (Lipinski definition) is 1. The number of nitrogens with zero attached hydrogens (tertiary/aromatic N) is 5. The molecule has 3 aromatic heterocycles. The summed E-state index contributed by atoms with van der Waals surface area (Å²) in [5.41, 5.74) is 6.27. The number of rotatable bonds is 5. The third kappa shape index (κ3) is 3.56. The van der Waals surface area contributed by atoms with Crippen molar-refractivity contribution in [2.24, 2.45) is 7.05 Å². The molecule has 0 aliphatic rings. The number of hydrogen-bond acceptors (Lipinski definition) is 5. The molecule has 2 aromatic carbocycles. The van der Waals surface area contributed by atoms with Gasteiger partial charge in [-0.1, -0.05) is 12.1 Å². The Bertz CT molecular complexity index is 1450. The van der Waals surface area contributed by atoms with Crippen molar-refractivity contribution in [3.8, 4) is 11.6 Å². The molecule has 0 aliphatic carbocycles. The smallest absolute Gasteiger partial charge is 0.262 e. The van der Waals surface area contributed by atoms with E-state index in [4.69, 9.17) is 4.74 Å². The monoisotopic (exact) mass is 426 g/mol. The summed E-state index contributed by atoms with van der Waals surface area (Å²) in [7, 11) is 1.81. The Morgan fingerprint density at radius 2 is 1.88 bits per heavy atom. The van der Waals surface area contributed by atoms with Crippen molar-refractivity contribution in [1.29, 1.82) is 0 Å². The van der Waals surface area contributed by atoms with Gasteiger partial charge in [0.1, 0.15) is 6.33 Å². The fourth-order valence-electron chi connectivity index (χ4n) is 3.85. The number of aromatic nitrogens is 5. The fraction of sp³-hybridized carbons (Fsp3) is 0.167. The molecule has 0 radical (unpaired) electrons. The Morgan fingerprint density at radius 1 is 1.09 bits per heavy atom. The number of ether oxygens (including phenoxy) is 1. The summed E-state index contributed by atoms with van der Waals surface area (Å²) in [6.07, 6.45) is 1.79. The van der Waals surface area contributed by atoms with E-state index in [-0.39, 0.29) is 12.5 Å². The van der Waals surface area contributed by atoms with E-state index < -0.39 is 0 Å². The number of pyridine rings is 1. The van der Waals surface area contributed by atoms with Crippen LogP contribution in [-0.4, -0.2) is 36.8 Å². The van der Waals surface area contributed by atoms with Gasteiger partial charge in [-0.15, -0.1) is 5.10 Å². The van der Waals surface area contributed by atoms with Crippen molar-refractivity contribution < 1.29 is 9.53 Å². The minimum atomic E-state index is -0.262. The van der Waals surface area contributed by atoms with Crippen LogP contribution in [0.25, 0.3) is 27.8 Å². The molecule has 160 valence electrons. The van der Waals surface area contributed by atoms with Gasteiger partial charge in [0.25, 0.3) is 5.91 Å². The van der Waals surface area contributed by atoms with Gasteiger partial charge in [0, 0.05) is 24.1 Å². The van der Waals surface area contributed by atoms with Gasteiger partial charge < -0.3 is 10.1 Å². The van der Waals surface area contributed by atoms with E-state index in [1.165, 1.54) is 0 Å². The number of nitrogens with one attached hydrogen (secondary N) is 1. The number of benzene rings is 2. The van der Waals surface area contributed by atoms with Crippen LogP contribution >= 0.6 is 0 Å². The number of imidazole rings is 1. The van der Waals surface area contributed by atoms with Crippen molar-refractivity contribution in [1.82, 2.24) is 24.3 Å². The Kier molecular flexibility index (Phi) is 4.82. The van der Waals surface area contributed by atoms with Crippen molar-refractivity contribution in [3.63, 3.8) is 0 Å². The van der Waals surface area contributed by atoms with Crippen LogP contribution in [-0.2, 0) is 11.8 Å². The summed E-state index contributed by atoms with van der Waals surface area (Å²) in [5.74, 6) is 0.146. The maximum absolute atomic E-state index is 12.5. The van der Waals surface area contributed by atoms with Gasteiger partial charge in [0.05, 0.1) is 16.4 Å². The van der Waals surface area contributed by atoms with Gasteiger partial charge >= 0.3 is 0 Å². The third-order valence-corrected chi connectivity index (χ3v) is 5.31. The second kappa shape index (κ2) is 7.81. The zero-order valence-corrected chi connectivity index (χ0v) is 18.0. The lowest BCUT2D eigenvalue weighted by atomic mass is 10.2. The average molecular weight is 426 g/mol. The minimum absolute atomic E-state index is 0.145. The summed E-state index contributed by atoms with van der Waals surface area (Å²) in [4.78, 5) is 21.4. The highest BCUT2D eigenvalue weighted by Gasteiger charge is 2.15. The molecule has 0 spiro atoms. The molecule has 0 saturated heterocycles. The molecular weight excluding hydrogens is 404 g/mol. The zero-order chi connectivity index (χ0) is 22.2. The molecule has 1 N–H and O–H groups in total. The number of anilines is 1. The number of carbonyl (C=O) groups is 1. The second-order valence-corrected chi connectivity index (χ2v) is 7.69. The SMILES string of the molecule is Cc1cc(C)c2c(OCC(=O)Nc3ccc(-n4cnc5ccccc54)cc3)nn(C)c2n1. The molecule has 3 heterocycles. The molecule has 5 rings (SSSR count). The molecular formula is C24H22N6O2. The molecule has 5 aromatic rings. The minimum Gasteiger partial charge on any atom is -0.466 e. The molecule has 0 unspecified atom stereocenters. The van der Waals surface area contributed by atoms with Crippen LogP contribution < -0.4 is 10.1 Å². The number of amides is 1. The lowest BCUT2D eigenvalue weighted by Crippen LogP contribution is -2.20. The maximum atomic E-state index is 12.5. The zero-order valence-electron chi connectivity index (χ0n) is 18.0. The van der Waals surface area contributed by atoms with Gasteiger partial charge in [-0.2, -0.15) is 0 Å². The van der Waals surface area contributed by atoms with Crippen molar-refractivity contribution in [2.45, 2.75) is 13.8 Å². The predicted octanol–water partition coefficient (Wildman–Crippen LogP) is 3.94. The van der Waals surface area contributed by atoms with Crippen LogP contribution in [0.1, 0.15) is 11.3 Å². The van der Waals surface area contributed by atoms with Crippen molar-refractivity contribution >= 4 is 33.7 Å². The van der Waals surface area contributed by atoms with Gasteiger partial charge in [0.15, 0.2) is 12.3 Å². The third-order valence-electron chi connectivity index (χ3n) is 5.31. The Labute approximate surface area is 184 Å². The number of carbonyl (C=O) groups excluding carboxylic acids is 1. The van der Waals surface area contributed by atoms with E-state index in [9.17, 15) is 4.79 Å². The predicted molar refractivity (Wildman–Crippen MR) is 123 cm³/mol. The molecule has 0 saturated carbocycles. The van der Waals surface area contributed by atoms with Crippen LogP contribution in [0.4, 0.5) is 5.69 Å². The lowest BCUT2D eigenvalue weighted by molar-refractivity contribution is -0.118. The number of fused-ring (bicyclic) bond motifs is 2. The molecule has 8 heteroatoms. The molecule has 0 bridgehead atoms. The van der Waals surface area contributed by atoms with E-state index >= 15 is 0 Å². The molecule has 32 heavy (non-hydrogen) atoms. The fourth-order valence-corrected chi connectivity index (χ4v) is 3.85. The molecule has 8 nitrogen and oxygen atoms in total. The van der Waals surface area contributed by atoms with Crippen LogP contribution in [0.2, 0.25) is 0 Å². The number of para-hydroxylation sites is 2. The van der Waals surface area contributed by atoms with E-state index in [1.54, 1.807) is 11.0 Å². The highest BCUT2D eigenvalue weighted by Crippen LogP contribution is 2.27. The standard InChI is InChI=1S/C24H22N6O2/c1-15-12-16(2)26-23-22(15)24(28-29(23)3)32-13-21(31)27-17-8-10-18(11-9-17)30-14-25-19-6-4-5-7-20(19)30/h4-12,14H,13H2,1-3H3,(H,27,31). The second-order valence-electron chi connectivity index (χ2n) is 7.69. The van der Waals surface area contributed by atoms with E-state index in [1.807, 2.05) is 80.1 Å². The van der Waals surface area contributed by atoms with Crippen LogP contribution in [0, 0.1) is 13.8 Å². The highest BCUT2D eigenvalue weighted by molar-refractivity contribution is 5.92. The highest BCUT2D eigenvalue weighted by atomic mass is 16.5. The Morgan fingerprint density at radius 3 is 2.69 bits per heavy atom. The molecule has 0 atom stereocenters. The first kappa shape index (κ1) is 19.7. The maximum Gasteiger partial charge on any atom is 0.262 e. The quantitative estimate of drug-likeness (QED) is 0.460. The first-order valence-electron chi connectivity index (χ1n) is 10.3. The van der Waals surface area contributed by atoms with Crippen molar-refractivity contribution in [2.75, 3.05) is 11.9 Å². The number of aryl methyl sites for hydroxylation is 3. The summed E-state index contributed by atoms with van der Waals surface area (Å²) >= 11 is 0. The Balaban J connectivity index is 1.28. The molecule has 0 fully saturated rings. The van der Waals surface area contributed by atoms with Crippen molar-refractivity contribution in [3.05, 3.63) is 72.2 Å². The summed E-state index contributed by atoms with van der Waals surface area (Å²) in [6.45, 7) is 3.78. The molecule has 0 aliphatic heterocycles. The first-order chi connectivity index (χ1) is 15.5. The summed E-state index contributed by atoms with van der Waals surface area (Å²) in [5, 5.41) is 8.06. The van der Waals surface area contributed by atoms with Gasteiger partial charge in [0.2, 0.25) is 5.88 Å². The summed E-state index contributed by atoms with van der Waals surface area (Å²) in [6, 6.07) is 17.5. The normalized spacial score (nSPS) is 11.2. The van der Waals surface area contributed by atoms with Crippen LogP contribution in [0.3, 0.4) is 0 Å². The van der Waals surface area contributed by atoms with Gasteiger partial charge in [-0.25, -0.2) is 14.6 Å². The van der Waals surface area contributed by atoms with Gasteiger partial charge in [-0.3, -0.25) is 9.36 Å². The van der Waals surface area contributed by atoms with E-state index in [0.717, 1.165) is 39.0 Å². The average Bonchev–Trinajstić information content (AvgIpc) is 3.34. The van der Waals surface area contributed by atoms with E-state index in [0.29, 0.717) is 11.6 Å². The topological polar surface area (TPSA) is 86.9 Å². The van der Waals surface area contributed by atoms with E-state index in [2.05, 4.69) is 20.4 Å². The van der Waals surface area contributed by atoms with Crippen LogP contribution in [0.15, 0.2) is 60.9 Å². The summed E-state index contributed by atoms with van der Waals surface area (Å²) < 4.78 is 9.41. The Hall–Kier alpha value is -4.20. The first-order valence-corrected chi connectivity index (χ1v) is 10.3. The van der Waals surface area contributed by atoms with Crippen LogP contribution in [0.5, 0.6) is 5.88 Å².